The first-order valence-corrected chi connectivity index (χ1v) is 4.63. The molecule has 12 heavy (non-hydrogen) atoms. The molecular weight excluding hydrogens is 177 g/mol. The highest BCUT2D eigenvalue weighted by Gasteiger charge is 1.98. The van der Waals surface area contributed by atoms with Crippen molar-refractivity contribution in [2.75, 3.05) is 13.1 Å². The predicted molar refractivity (Wildman–Crippen MR) is 52.0 cm³/mol. The van der Waals surface area contributed by atoms with E-state index in [1.165, 1.54) is 6.92 Å². The molecule has 0 amide bonds. The lowest BCUT2D eigenvalue weighted by Crippen LogP contribution is -2.18. The molecule has 3 heteroatoms. The van der Waals surface area contributed by atoms with Gasteiger partial charge in [-0.2, -0.15) is 0 Å². The monoisotopic (exact) mass is 193 g/mol. The molecule has 0 spiro atoms. The SMILES string of the molecule is C/C(F)=C(/Cl)CNCCC(C)C. The molecule has 0 rings (SSSR count). The van der Waals surface area contributed by atoms with Gasteiger partial charge in [-0.15, -0.1) is 0 Å². The Labute approximate surface area is 79.0 Å². The average molecular weight is 194 g/mol. The molecule has 0 bridgehead atoms. The highest BCUT2D eigenvalue weighted by atomic mass is 35.5. The van der Waals surface area contributed by atoms with Gasteiger partial charge in [-0.3, -0.25) is 0 Å². The van der Waals surface area contributed by atoms with Crippen molar-refractivity contribution in [1.29, 1.82) is 0 Å². The summed E-state index contributed by atoms with van der Waals surface area (Å²) < 4.78 is 12.4. The number of rotatable bonds is 5. The van der Waals surface area contributed by atoms with Gasteiger partial charge in [0, 0.05) is 6.54 Å². The summed E-state index contributed by atoms with van der Waals surface area (Å²) in [7, 11) is 0. The van der Waals surface area contributed by atoms with E-state index >= 15 is 0 Å². The van der Waals surface area contributed by atoms with Gasteiger partial charge in [0.05, 0.1) is 5.03 Å². The fraction of sp³-hybridized carbons (Fsp3) is 0.778. The molecule has 0 aromatic carbocycles. The molecule has 0 saturated heterocycles. The molecule has 1 nitrogen and oxygen atoms in total. The van der Waals surface area contributed by atoms with E-state index in [9.17, 15) is 4.39 Å². The molecule has 0 fully saturated rings. The number of hydrogen-bond donors (Lipinski definition) is 1. The smallest absolute Gasteiger partial charge is 0.113 e. The van der Waals surface area contributed by atoms with Gasteiger partial charge in [-0.05, 0) is 25.8 Å². The molecule has 0 aliphatic rings. The van der Waals surface area contributed by atoms with Gasteiger partial charge in [0.15, 0.2) is 0 Å². The van der Waals surface area contributed by atoms with Crippen molar-refractivity contribution in [3.05, 3.63) is 10.9 Å². The first-order valence-electron chi connectivity index (χ1n) is 4.25. The van der Waals surface area contributed by atoms with Gasteiger partial charge < -0.3 is 5.32 Å². The van der Waals surface area contributed by atoms with Crippen LogP contribution in [-0.2, 0) is 0 Å². The van der Waals surface area contributed by atoms with Crippen LogP contribution in [0.25, 0.3) is 0 Å². The minimum Gasteiger partial charge on any atom is -0.312 e. The lowest BCUT2D eigenvalue weighted by atomic mass is 10.1. The molecule has 0 unspecified atom stereocenters. The summed E-state index contributed by atoms with van der Waals surface area (Å²) in [6.45, 7) is 7.00. The minimum atomic E-state index is -0.297. The number of nitrogens with one attached hydrogen (secondary N) is 1. The maximum absolute atomic E-state index is 12.4. The summed E-state index contributed by atoms with van der Waals surface area (Å²) in [6.07, 6.45) is 1.09. The Kier molecular flexibility index (Phi) is 6.39. The van der Waals surface area contributed by atoms with E-state index in [0.717, 1.165) is 13.0 Å². The van der Waals surface area contributed by atoms with Crippen molar-refractivity contribution >= 4 is 11.6 Å². The topological polar surface area (TPSA) is 12.0 Å². The molecule has 0 aliphatic heterocycles. The van der Waals surface area contributed by atoms with Crippen LogP contribution in [0.3, 0.4) is 0 Å². The van der Waals surface area contributed by atoms with Crippen LogP contribution < -0.4 is 5.32 Å². The van der Waals surface area contributed by atoms with Crippen LogP contribution in [0.1, 0.15) is 27.2 Å². The van der Waals surface area contributed by atoms with Crippen molar-refractivity contribution in [3.63, 3.8) is 0 Å². The standard InChI is InChI=1S/C9H17ClFN/c1-7(2)4-5-12-6-9(10)8(3)11/h7,12H,4-6H2,1-3H3/b9-8-. The van der Waals surface area contributed by atoms with E-state index in [0.29, 0.717) is 12.5 Å². The van der Waals surface area contributed by atoms with Crippen LogP contribution in [0.15, 0.2) is 10.9 Å². The average Bonchev–Trinajstić information content (AvgIpc) is 1.97. The summed E-state index contributed by atoms with van der Waals surface area (Å²) in [4.78, 5) is 0. The predicted octanol–water partition coefficient (Wildman–Crippen LogP) is 3.06. The van der Waals surface area contributed by atoms with Crippen LogP contribution in [0.2, 0.25) is 0 Å². The number of allylic oxidation sites excluding steroid dienone is 1. The zero-order chi connectivity index (χ0) is 9.56. The Bertz CT molecular complexity index is 151. The lowest BCUT2D eigenvalue weighted by Gasteiger charge is -2.05. The second-order valence-electron chi connectivity index (χ2n) is 3.30. The van der Waals surface area contributed by atoms with Gasteiger partial charge in [0.2, 0.25) is 0 Å². The van der Waals surface area contributed by atoms with Crippen LogP contribution in [-0.4, -0.2) is 13.1 Å². The van der Waals surface area contributed by atoms with Crippen molar-refractivity contribution in [2.45, 2.75) is 27.2 Å². The maximum atomic E-state index is 12.4. The van der Waals surface area contributed by atoms with Crippen molar-refractivity contribution in [3.8, 4) is 0 Å². The normalized spacial score (nSPS) is 13.5. The fourth-order valence-electron chi connectivity index (χ4n) is 0.711. The molecule has 0 aromatic rings. The molecule has 0 heterocycles. The fourth-order valence-corrected chi connectivity index (χ4v) is 0.805. The van der Waals surface area contributed by atoms with Gasteiger partial charge in [0.25, 0.3) is 0 Å². The Hall–Kier alpha value is -0.0800. The molecule has 0 aliphatic carbocycles. The Morgan fingerprint density at radius 2 is 2.08 bits per heavy atom. The molecule has 0 radical (unpaired) electrons. The van der Waals surface area contributed by atoms with Crippen LogP contribution in [0.4, 0.5) is 4.39 Å². The maximum Gasteiger partial charge on any atom is 0.113 e. The minimum absolute atomic E-state index is 0.277. The summed E-state index contributed by atoms with van der Waals surface area (Å²) >= 11 is 5.57. The summed E-state index contributed by atoms with van der Waals surface area (Å²) in [5, 5.41) is 3.34. The highest BCUT2D eigenvalue weighted by Crippen LogP contribution is 2.08. The quantitative estimate of drug-likeness (QED) is 0.662. The van der Waals surface area contributed by atoms with E-state index < -0.39 is 0 Å². The third-order valence-corrected chi connectivity index (χ3v) is 1.95. The van der Waals surface area contributed by atoms with Crippen molar-refractivity contribution in [2.24, 2.45) is 5.92 Å². The highest BCUT2D eigenvalue weighted by molar-refractivity contribution is 6.30. The number of halogens is 2. The molecule has 0 aromatic heterocycles. The van der Waals surface area contributed by atoms with E-state index in [1.807, 2.05) is 0 Å². The number of hydrogen-bond acceptors (Lipinski definition) is 1. The molecule has 72 valence electrons. The van der Waals surface area contributed by atoms with Crippen molar-refractivity contribution in [1.82, 2.24) is 5.32 Å². The van der Waals surface area contributed by atoms with E-state index in [4.69, 9.17) is 11.6 Å². The Morgan fingerprint density at radius 3 is 2.50 bits per heavy atom. The van der Waals surface area contributed by atoms with E-state index in [-0.39, 0.29) is 10.9 Å². The van der Waals surface area contributed by atoms with E-state index in [1.54, 1.807) is 0 Å². The zero-order valence-corrected chi connectivity index (χ0v) is 8.71. The Morgan fingerprint density at radius 1 is 1.50 bits per heavy atom. The first-order chi connectivity index (χ1) is 5.54. The summed E-state index contributed by atoms with van der Waals surface area (Å²) in [5.41, 5.74) is 0. The Balaban J connectivity index is 3.39. The molecule has 1 N–H and O–H groups in total. The van der Waals surface area contributed by atoms with Crippen LogP contribution in [0, 0.1) is 5.92 Å². The molecule has 0 atom stereocenters. The van der Waals surface area contributed by atoms with Crippen LogP contribution >= 0.6 is 11.6 Å². The van der Waals surface area contributed by atoms with Crippen LogP contribution in [0.5, 0.6) is 0 Å². The largest absolute Gasteiger partial charge is 0.312 e. The van der Waals surface area contributed by atoms with Gasteiger partial charge in [-0.25, -0.2) is 4.39 Å². The summed E-state index contributed by atoms with van der Waals surface area (Å²) in [5.74, 6) is 0.375. The van der Waals surface area contributed by atoms with Gasteiger partial charge >= 0.3 is 0 Å². The lowest BCUT2D eigenvalue weighted by molar-refractivity contribution is 0.547. The zero-order valence-electron chi connectivity index (χ0n) is 7.95. The third-order valence-electron chi connectivity index (χ3n) is 1.55. The first kappa shape index (κ1) is 11.9. The van der Waals surface area contributed by atoms with Gasteiger partial charge in [0.1, 0.15) is 5.83 Å². The van der Waals surface area contributed by atoms with Gasteiger partial charge in [-0.1, -0.05) is 25.4 Å². The second-order valence-corrected chi connectivity index (χ2v) is 3.75. The molecule has 0 saturated carbocycles. The summed E-state index contributed by atoms with van der Waals surface area (Å²) in [6, 6.07) is 0. The molecular formula is C9H17ClFN. The van der Waals surface area contributed by atoms with E-state index in [2.05, 4.69) is 19.2 Å². The van der Waals surface area contributed by atoms with Crippen molar-refractivity contribution < 1.29 is 4.39 Å². The second kappa shape index (κ2) is 6.44. The third kappa shape index (κ3) is 6.62.